The molecular formula is C20H17N5O3. The largest absolute Gasteiger partial charge is 0.352 e. The van der Waals surface area contributed by atoms with Crippen LogP contribution in [0.2, 0.25) is 0 Å². The molecule has 3 rings (SSSR count). The fraction of sp³-hybridized carbons (Fsp3) is 0.200. The van der Waals surface area contributed by atoms with E-state index in [-0.39, 0.29) is 25.4 Å². The molecule has 0 saturated carbocycles. The van der Waals surface area contributed by atoms with Crippen LogP contribution >= 0.6 is 0 Å². The van der Waals surface area contributed by atoms with Crippen molar-refractivity contribution in [2.75, 3.05) is 6.54 Å². The molecule has 0 unspecified atom stereocenters. The lowest BCUT2D eigenvalue weighted by Gasteiger charge is -2.13. The number of pyridine rings is 2. The van der Waals surface area contributed by atoms with E-state index in [4.69, 9.17) is 5.26 Å². The van der Waals surface area contributed by atoms with E-state index >= 15 is 0 Å². The summed E-state index contributed by atoms with van der Waals surface area (Å²) < 4.78 is 0. The van der Waals surface area contributed by atoms with E-state index < -0.39 is 11.8 Å². The van der Waals surface area contributed by atoms with Crippen LogP contribution in [0.25, 0.3) is 11.4 Å². The normalized spacial score (nSPS) is 12.9. The van der Waals surface area contributed by atoms with Gasteiger partial charge in [-0.15, -0.1) is 0 Å². The lowest BCUT2D eigenvalue weighted by molar-refractivity contribution is -0.137. The number of nitrogens with zero attached hydrogens (tertiary/aromatic N) is 4. The molecule has 0 aromatic carbocycles. The summed E-state index contributed by atoms with van der Waals surface area (Å²) in [4.78, 5) is 44.6. The van der Waals surface area contributed by atoms with Crippen molar-refractivity contribution in [2.45, 2.75) is 19.4 Å². The van der Waals surface area contributed by atoms with E-state index in [9.17, 15) is 14.4 Å². The molecule has 0 saturated heterocycles. The molecule has 2 aromatic rings. The maximum absolute atomic E-state index is 12.0. The zero-order valence-electron chi connectivity index (χ0n) is 15.0. The van der Waals surface area contributed by atoms with Gasteiger partial charge in [0.2, 0.25) is 5.91 Å². The molecule has 3 amide bonds. The Bertz CT molecular complexity index is 975. The SMILES string of the molecule is N#CCc1ccnc(-c2cc(CNC(=O)CCN3C(=O)C=CC3=O)ccn2)c1. The highest BCUT2D eigenvalue weighted by Crippen LogP contribution is 2.17. The van der Waals surface area contributed by atoms with Gasteiger partial charge in [-0.05, 0) is 35.4 Å². The standard InChI is InChI=1S/C20H17N5O3/c21-7-3-14-4-8-22-16(11-14)17-12-15(5-9-23-17)13-24-18(26)6-10-25-19(27)1-2-20(25)28/h1-2,4-5,8-9,11-12H,3,6,10,13H2,(H,24,26). The van der Waals surface area contributed by atoms with Gasteiger partial charge in [-0.25, -0.2) is 0 Å². The third-order valence-electron chi connectivity index (χ3n) is 4.15. The van der Waals surface area contributed by atoms with Gasteiger partial charge in [0.15, 0.2) is 0 Å². The lowest BCUT2D eigenvalue weighted by Crippen LogP contribution is -2.34. The van der Waals surface area contributed by atoms with Crippen LogP contribution in [0.4, 0.5) is 0 Å². The van der Waals surface area contributed by atoms with Crippen molar-refractivity contribution in [1.82, 2.24) is 20.2 Å². The molecule has 1 aliphatic heterocycles. The molecule has 28 heavy (non-hydrogen) atoms. The summed E-state index contributed by atoms with van der Waals surface area (Å²) in [7, 11) is 0. The first-order chi connectivity index (χ1) is 13.6. The highest BCUT2D eigenvalue weighted by atomic mass is 16.2. The van der Waals surface area contributed by atoms with E-state index in [0.717, 1.165) is 16.0 Å². The minimum Gasteiger partial charge on any atom is -0.352 e. The van der Waals surface area contributed by atoms with Crippen molar-refractivity contribution in [3.63, 3.8) is 0 Å². The fourth-order valence-electron chi connectivity index (χ4n) is 2.69. The number of carbonyl (C=O) groups excluding carboxylic acids is 3. The Hall–Kier alpha value is -3.86. The second-order valence-electron chi connectivity index (χ2n) is 6.12. The molecular weight excluding hydrogens is 358 g/mol. The summed E-state index contributed by atoms with van der Waals surface area (Å²) in [6.45, 7) is 0.333. The average Bonchev–Trinajstić information content (AvgIpc) is 3.03. The predicted octanol–water partition coefficient (Wildman–Crippen LogP) is 1.14. The van der Waals surface area contributed by atoms with Crippen LogP contribution in [-0.2, 0) is 27.3 Å². The van der Waals surface area contributed by atoms with Gasteiger partial charge in [-0.2, -0.15) is 5.26 Å². The summed E-state index contributed by atoms with van der Waals surface area (Å²) in [5.74, 6) is -1.06. The van der Waals surface area contributed by atoms with Crippen LogP contribution in [0.1, 0.15) is 17.5 Å². The van der Waals surface area contributed by atoms with E-state index in [2.05, 4.69) is 21.4 Å². The Kier molecular flexibility index (Phi) is 5.87. The van der Waals surface area contributed by atoms with Crippen LogP contribution in [0.15, 0.2) is 48.8 Å². The van der Waals surface area contributed by atoms with Crippen molar-refractivity contribution in [1.29, 1.82) is 5.26 Å². The Balaban J connectivity index is 1.57. The zero-order chi connectivity index (χ0) is 19.9. The molecule has 0 aliphatic carbocycles. The van der Waals surface area contributed by atoms with Gasteiger partial charge in [0.05, 0.1) is 23.9 Å². The minimum atomic E-state index is -0.400. The molecule has 0 radical (unpaired) electrons. The number of hydrogen-bond acceptors (Lipinski definition) is 6. The Labute approximate surface area is 161 Å². The number of nitriles is 1. The third-order valence-corrected chi connectivity index (χ3v) is 4.15. The van der Waals surface area contributed by atoms with Crippen LogP contribution in [0.5, 0.6) is 0 Å². The van der Waals surface area contributed by atoms with E-state index in [1.165, 1.54) is 12.2 Å². The first kappa shape index (κ1) is 18.9. The van der Waals surface area contributed by atoms with E-state index in [1.54, 1.807) is 24.5 Å². The molecule has 140 valence electrons. The maximum Gasteiger partial charge on any atom is 0.253 e. The molecule has 1 N–H and O–H groups in total. The van der Waals surface area contributed by atoms with E-state index in [0.29, 0.717) is 17.8 Å². The summed E-state index contributed by atoms with van der Waals surface area (Å²) >= 11 is 0. The van der Waals surface area contributed by atoms with Crippen LogP contribution in [-0.4, -0.2) is 39.1 Å². The van der Waals surface area contributed by atoms with Crippen molar-refractivity contribution < 1.29 is 14.4 Å². The smallest absolute Gasteiger partial charge is 0.253 e. The van der Waals surface area contributed by atoms with Gasteiger partial charge < -0.3 is 5.32 Å². The quantitative estimate of drug-likeness (QED) is 0.726. The zero-order valence-corrected chi connectivity index (χ0v) is 15.0. The fourth-order valence-corrected chi connectivity index (χ4v) is 2.69. The van der Waals surface area contributed by atoms with Crippen molar-refractivity contribution in [3.05, 3.63) is 59.9 Å². The van der Waals surface area contributed by atoms with Gasteiger partial charge >= 0.3 is 0 Å². The van der Waals surface area contributed by atoms with Gasteiger partial charge in [0.1, 0.15) is 0 Å². The summed E-state index contributed by atoms with van der Waals surface area (Å²) in [5, 5.41) is 11.6. The van der Waals surface area contributed by atoms with Gasteiger partial charge in [0.25, 0.3) is 11.8 Å². The molecule has 0 bridgehead atoms. The molecule has 1 aliphatic rings. The summed E-state index contributed by atoms with van der Waals surface area (Å²) in [6, 6.07) is 9.28. The monoisotopic (exact) mass is 375 g/mol. The number of carbonyl (C=O) groups is 3. The van der Waals surface area contributed by atoms with Crippen molar-refractivity contribution in [2.24, 2.45) is 0 Å². The highest BCUT2D eigenvalue weighted by Gasteiger charge is 2.23. The topological polar surface area (TPSA) is 116 Å². The Morgan fingerprint density at radius 3 is 2.29 bits per heavy atom. The highest BCUT2D eigenvalue weighted by molar-refractivity contribution is 6.13. The number of imide groups is 1. The number of rotatable bonds is 7. The molecule has 3 heterocycles. The third kappa shape index (κ3) is 4.65. The molecule has 0 atom stereocenters. The Morgan fingerprint density at radius 1 is 1.04 bits per heavy atom. The maximum atomic E-state index is 12.0. The molecule has 0 spiro atoms. The first-order valence-electron chi connectivity index (χ1n) is 8.64. The van der Waals surface area contributed by atoms with Gasteiger partial charge in [-0.3, -0.25) is 29.3 Å². The van der Waals surface area contributed by atoms with Crippen LogP contribution in [0.3, 0.4) is 0 Å². The number of nitrogens with one attached hydrogen (secondary N) is 1. The van der Waals surface area contributed by atoms with Crippen molar-refractivity contribution in [3.8, 4) is 17.5 Å². The average molecular weight is 375 g/mol. The second-order valence-corrected chi connectivity index (χ2v) is 6.12. The molecule has 2 aromatic heterocycles. The number of amides is 3. The second kappa shape index (κ2) is 8.68. The van der Waals surface area contributed by atoms with Crippen molar-refractivity contribution >= 4 is 17.7 Å². The van der Waals surface area contributed by atoms with Gasteiger partial charge in [-0.1, -0.05) is 0 Å². The van der Waals surface area contributed by atoms with Crippen LogP contribution in [0, 0.1) is 11.3 Å². The lowest BCUT2D eigenvalue weighted by atomic mass is 10.1. The molecule has 8 nitrogen and oxygen atoms in total. The predicted molar refractivity (Wildman–Crippen MR) is 99.1 cm³/mol. The number of hydrogen-bond donors (Lipinski definition) is 1. The van der Waals surface area contributed by atoms with Gasteiger partial charge in [0, 0.05) is 44.1 Å². The van der Waals surface area contributed by atoms with E-state index in [1.807, 2.05) is 12.1 Å². The first-order valence-corrected chi connectivity index (χ1v) is 8.64. The summed E-state index contributed by atoms with van der Waals surface area (Å²) in [5.41, 5.74) is 2.99. The van der Waals surface area contributed by atoms with Crippen LogP contribution < -0.4 is 5.32 Å². The number of aromatic nitrogens is 2. The molecule has 0 fully saturated rings. The molecule has 8 heteroatoms. The minimum absolute atomic E-state index is 0.0366. The summed E-state index contributed by atoms with van der Waals surface area (Å²) in [6.07, 6.45) is 5.98. The Morgan fingerprint density at radius 2 is 1.64 bits per heavy atom.